The van der Waals surface area contributed by atoms with E-state index in [1.807, 2.05) is 74.7 Å². The van der Waals surface area contributed by atoms with E-state index >= 15 is 0 Å². The smallest absolute Gasteiger partial charge is 0.159 e. The second-order valence-electron chi connectivity index (χ2n) is 5.51. The molecule has 1 aromatic heterocycles. The van der Waals surface area contributed by atoms with Gasteiger partial charge in [0.2, 0.25) is 0 Å². The first-order valence-corrected chi connectivity index (χ1v) is 10.3. The summed E-state index contributed by atoms with van der Waals surface area (Å²) in [5.41, 5.74) is 1.94. The quantitative estimate of drug-likeness (QED) is 0.233. The molecule has 0 aliphatic rings. The van der Waals surface area contributed by atoms with Crippen LogP contribution in [0.5, 0.6) is 0 Å². The summed E-state index contributed by atoms with van der Waals surface area (Å²) < 4.78 is 0. The number of Topliss-reactive ketones (excluding diaryl/α,β-unsaturated/α-hetero) is 1. The average molecular weight is 401 g/mol. The fraction of sp³-hybridized carbons (Fsp3) is 0.375. The van der Waals surface area contributed by atoms with Gasteiger partial charge in [0.25, 0.3) is 0 Å². The molecule has 1 N–H and O–H groups in total. The van der Waals surface area contributed by atoms with Crippen molar-refractivity contribution in [3.8, 4) is 0 Å². The maximum Gasteiger partial charge on any atom is 0.159 e. The van der Waals surface area contributed by atoms with E-state index in [2.05, 4.69) is 31.5 Å². The molecule has 0 fully saturated rings. The van der Waals surface area contributed by atoms with Gasteiger partial charge in [-0.25, -0.2) is 0 Å². The Hall–Kier alpha value is -2.20. The van der Waals surface area contributed by atoms with Crippen LogP contribution < -0.4 is 0 Å². The molecule has 0 aliphatic carbocycles. The topological polar surface area (TPSA) is 53.8 Å². The van der Waals surface area contributed by atoms with E-state index in [9.17, 15) is 4.79 Å². The lowest BCUT2D eigenvalue weighted by Gasteiger charge is -1.89. The van der Waals surface area contributed by atoms with E-state index in [0.717, 1.165) is 29.0 Å². The number of hydrogen-bond donors (Lipinski definition) is 2. The van der Waals surface area contributed by atoms with Crippen LogP contribution in [0.15, 0.2) is 65.7 Å². The molecule has 0 radical (unpaired) electrons. The number of allylic oxidation sites excluding steroid dienone is 2. The first-order valence-electron chi connectivity index (χ1n) is 9.90. The Morgan fingerprint density at radius 1 is 1.07 bits per heavy atom. The standard InChI is InChI=1S/C8H8O.C7H13NS.C7H9N.C2H6/c1-7(9)8-5-3-2-4-6-8;1-2-3-4-5-7(9)6-8;1-2-7-5-3-4-6-8-7;1-2/h2-6H,1H3;5-6,8-9H,2-4H2,1H3;3-6H,2H2,1H3;1-2H3/b;7-5+,8-6?;;. The van der Waals surface area contributed by atoms with Crippen molar-refractivity contribution in [2.45, 2.75) is 60.3 Å². The number of pyridine rings is 1. The van der Waals surface area contributed by atoms with Gasteiger partial charge in [-0.3, -0.25) is 9.78 Å². The van der Waals surface area contributed by atoms with Crippen molar-refractivity contribution in [2.24, 2.45) is 0 Å². The highest BCUT2D eigenvalue weighted by Crippen LogP contribution is 2.01. The van der Waals surface area contributed by atoms with E-state index in [1.165, 1.54) is 19.1 Å². The Morgan fingerprint density at radius 2 is 1.68 bits per heavy atom. The third-order valence-corrected chi connectivity index (χ3v) is 3.64. The highest BCUT2D eigenvalue weighted by Gasteiger charge is 1.92. The lowest BCUT2D eigenvalue weighted by molar-refractivity contribution is 0.101. The molecule has 2 aromatic rings. The molecule has 0 unspecified atom stereocenters. The summed E-state index contributed by atoms with van der Waals surface area (Å²) in [6.07, 6.45) is 9.52. The van der Waals surface area contributed by atoms with Gasteiger partial charge in [0.15, 0.2) is 5.78 Å². The van der Waals surface area contributed by atoms with Crippen LogP contribution in [0.25, 0.3) is 0 Å². The van der Waals surface area contributed by atoms with Gasteiger partial charge in [-0.15, -0.1) is 12.6 Å². The second-order valence-corrected chi connectivity index (χ2v) is 6.03. The molecule has 2 rings (SSSR count). The van der Waals surface area contributed by atoms with Crippen LogP contribution >= 0.6 is 12.6 Å². The number of unbranched alkanes of at least 4 members (excludes halogenated alkanes) is 2. The number of thiol groups is 1. The minimum absolute atomic E-state index is 0.121. The Bertz CT molecular complexity index is 640. The van der Waals surface area contributed by atoms with Crippen LogP contribution in [-0.2, 0) is 6.42 Å². The molecule has 3 nitrogen and oxygen atoms in total. The molecular formula is C24H36N2OS. The van der Waals surface area contributed by atoms with Gasteiger partial charge in [-0.2, -0.15) is 0 Å². The third kappa shape index (κ3) is 17.2. The number of ketones is 1. The molecule has 4 heteroatoms. The Morgan fingerprint density at radius 3 is 2.04 bits per heavy atom. The van der Waals surface area contributed by atoms with Crippen molar-refractivity contribution >= 4 is 24.6 Å². The lowest BCUT2D eigenvalue weighted by atomic mass is 10.2. The minimum Gasteiger partial charge on any atom is -0.308 e. The van der Waals surface area contributed by atoms with Crippen LogP contribution in [0.3, 0.4) is 0 Å². The summed E-state index contributed by atoms with van der Waals surface area (Å²) in [5, 5.41) is 6.77. The Labute approximate surface area is 177 Å². The molecule has 28 heavy (non-hydrogen) atoms. The Balaban J connectivity index is 0. The zero-order chi connectivity index (χ0) is 21.6. The normalized spacial score (nSPS) is 9.43. The molecule has 0 spiro atoms. The first-order chi connectivity index (χ1) is 13.5. The van der Waals surface area contributed by atoms with Gasteiger partial charge in [-0.1, -0.05) is 83.0 Å². The van der Waals surface area contributed by atoms with Crippen molar-refractivity contribution in [3.63, 3.8) is 0 Å². The largest absolute Gasteiger partial charge is 0.308 e. The fourth-order valence-corrected chi connectivity index (χ4v) is 1.92. The second kappa shape index (κ2) is 21.1. The molecule has 0 aliphatic heterocycles. The molecule has 1 heterocycles. The number of hydrogen-bond acceptors (Lipinski definition) is 4. The molecule has 1 aromatic carbocycles. The Kier molecular flexibility index (Phi) is 21.1. The third-order valence-electron chi connectivity index (χ3n) is 3.33. The van der Waals surface area contributed by atoms with Crippen molar-refractivity contribution in [1.29, 1.82) is 5.41 Å². The summed E-state index contributed by atoms with van der Waals surface area (Å²) in [4.78, 5) is 15.5. The molecule has 0 amide bonds. The number of aromatic nitrogens is 1. The number of nitrogens with one attached hydrogen (secondary N) is 1. The van der Waals surface area contributed by atoms with Crippen molar-refractivity contribution in [2.75, 3.05) is 0 Å². The van der Waals surface area contributed by atoms with Crippen LogP contribution in [-0.4, -0.2) is 17.0 Å². The molecule has 154 valence electrons. The maximum absolute atomic E-state index is 10.6. The molecule has 0 bridgehead atoms. The molecule has 0 saturated heterocycles. The van der Waals surface area contributed by atoms with Gasteiger partial charge in [0.05, 0.1) is 0 Å². The van der Waals surface area contributed by atoms with Gasteiger partial charge < -0.3 is 5.41 Å². The summed E-state index contributed by atoms with van der Waals surface area (Å²) in [5.74, 6) is 0.121. The lowest BCUT2D eigenvalue weighted by Crippen LogP contribution is -1.88. The fourth-order valence-electron chi connectivity index (χ4n) is 1.79. The van der Waals surface area contributed by atoms with Crippen LogP contribution in [0.2, 0.25) is 0 Å². The predicted octanol–water partition coefficient (Wildman–Crippen LogP) is 7.20. The molecule has 0 atom stereocenters. The minimum atomic E-state index is 0.121. The number of rotatable bonds is 6. The number of carbonyl (C=O) groups is 1. The number of benzene rings is 1. The zero-order valence-electron chi connectivity index (χ0n) is 18.0. The van der Waals surface area contributed by atoms with Gasteiger partial charge in [0, 0.05) is 28.6 Å². The molecule has 0 saturated carbocycles. The average Bonchev–Trinajstić information content (AvgIpc) is 2.77. The van der Waals surface area contributed by atoms with Gasteiger partial charge in [0.1, 0.15) is 0 Å². The highest BCUT2D eigenvalue weighted by molar-refractivity contribution is 7.85. The predicted molar refractivity (Wildman–Crippen MR) is 127 cm³/mol. The SMILES string of the molecule is CC.CC(=O)c1ccccc1.CCCC/C=C(/S)C=N.CCc1ccccn1. The first kappa shape index (κ1) is 28.0. The van der Waals surface area contributed by atoms with Crippen molar-refractivity contribution in [1.82, 2.24) is 4.98 Å². The zero-order valence-corrected chi connectivity index (χ0v) is 18.9. The van der Waals surface area contributed by atoms with Crippen LogP contribution in [0.4, 0.5) is 0 Å². The summed E-state index contributed by atoms with van der Waals surface area (Å²) in [6.45, 7) is 9.81. The summed E-state index contributed by atoms with van der Waals surface area (Å²) in [7, 11) is 0. The van der Waals surface area contributed by atoms with Gasteiger partial charge >= 0.3 is 0 Å². The van der Waals surface area contributed by atoms with Crippen molar-refractivity contribution < 1.29 is 4.79 Å². The molecular weight excluding hydrogens is 364 g/mol. The van der Waals surface area contributed by atoms with Crippen LogP contribution in [0, 0.1) is 5.41 Å². The van der Waals surface area contributed by atoms with Crippen LogP contribution in [0.1, 0.15) is 69.9 Å². The summed E-state index contributed by atoms with van der Waals surface area (Å²) >= 11 is 4.02. The monoisotopic (exact) mass is 400 g/mol. The van der Waals surface area contributed by atoms with E-state index in [1.54, 1.807) is 6.92 Å². The number of carbonyl (C=O) groups excluding carboxylic acids is 1. The van der Waals surface area contributed by atoms with Crippen molar-refractivity contribution in [3.05, 3.63) is 77.0 Å². The van der Waals surface area contributed by atoms with Gasteiger partial charge in [-0.05, 0) is 31.9 Å². The highest BCUT2D eigenvalue weighted by atomic mass is 32.1. The maximum atomic E-state index is 10.6. The van der Waals surface area contributed by atoms with E-state index in [4.69, 9.17) is 5.41 Å². The van der Waals surface area contributed by atoms with E-state index < -0.39 is 0 Å². The van der Waals surface area contributed by atoms with E-state index in [-0.39, 0.29) is 5.78 Å². The number of nitrogens with zero attached hydrogens (tertiary/aromatic N) is 1. The summed E-state index contributed by atoms with van der Waals surface area (Å²) in [6, 6.07) is 15.2. The number of aryl methyl sites for hydroxylation is 1. The van der Waals surface area contributed by atoms with E-state index in [0.29, 0.717) is 0 Å².